The van der Waals surface area contributed by atoms with Crippen LogP contribution in [0.25, 0.3) is 0 Å². The van der Waals surface area contributed by atoms with Gasteiger partial charge in [0.25, 0.3) is 0 Å². The highest BCUT2D eigenvalue weighted by atomic mass is 16.5. The Kier molecular flexibility index (Phi) is 7.22. The molecular weight excluding hydrogens is 380 g/mol. The molecule has 1 aliphatic rings. The maximum Gasteiger partial charge on any atom is 0.325 e. The SMILES string of the molecule is CC(C)OC(=O)CNC(=O)C1CCC(=O)N(Cc2ccccc2)C1c1ccccc1. The molecule has 1 fully saturated rings. The predicted octanol–water partition coefficient (Wildman–Crippen LogP) is 3.23. The van der Waals surface area contributed by atoms with Gasteiger partial charge in [-0.3, -0.25) is 14.4 Å². The summed E-state index contributed by atoms with van der Waals surface area (Å²) in [6.45, 7) is 3.78. The van der Waals surface area contributed by atoms with Crippen LogP contribution in [-0.4, -0.2) is 35.3 Å². The number of likely N-dealkylation sites (tertiary alicyclic amines) is 1. The van der Waals surface area contributed by atoms with Crippen LogP contribution in [0.2, 0.25) is 0 Å². The minimum absolute atomic E-state index is 0.0240. The van der Waals surface area contributed by atoms with E-state index in [1.165, 1.54) is 0 Å². The molecule has 1 N–H and O–H groups in total. The number of hydrogen-bond acceptors (Lipinski definition) is 4. The van der Waals surface area contributed by atoms with E-state index in [4.69, 9.17) is 4.74 Å². The van der Waals surface area contributed by atoms with Gasteiger partial charge in [0.05, 0.1) is 18.1 Å². The van der Waals surface area contributed by atoms with E-state index < -0.39 is 17.9 Å². The van der Waals surface area contributed by atoms with Crippen LogP contribution < -0.4 is 5.32 Å². The van der Waals surface area contributed by atoms with Gasteiger partial charge in [0, 0.05) is 13.0 Å². The first kappa shape index (κ1) is 21.6. The molecular formula is C24H28N2O4. The zero-order chi connectivity index (χ0) is 21.5. The number of carbonyl (C=O) groups is 3. The fourth-order valence-electron chi connectivity index (χ4n) is 3.85. The van der Waals surface area contributed by atoms with Gasteiger partial charge in [-0.25, -0.2) is 0 Å². The van der Waals surface area contributed by atoms with E-state index in [2.05, 4.69) is 5.32 Å². The number of rotatable bonds is 7. The van der Waals surface area contributed by atoms with Crippen LogP contribution in [0.5, 0.6) is 0 Å². The summed E-state index contributed by atoms with van der Waals surface area (Å²) in [5.74, 6) is -1.13. The number of esters is 1. The second kappa shape index (κ2) is 10.1. The summed E-state index contributed by atoms with van der Waals surface area (Å²) in [5.41, 5.74) is 1.92. The molecule has 0 radical (unpaired) electrons. The third-order valence-corrected chi connectivity index (χ3v) is 5.15. The summed E-state index contributed by atoms with van der Waals surface area (Å²) in [4.78, 5) is 39.5. The van der Waals surface area contributed by atoms with Gasteiger partial charge in [0.2, 0.25) is 11.8 Å². The molecule has 2 aromatic rings. The van der Waals surface area contributed by atoms with E-state index in [1.807, 2.05) is 60.7 Å². The maximum atomic E-state index is 13.0. The van der Waals surface area contributed by atoms with E-state index in [0.717, 1.165) is 11.1 Å². The van der Waals surface area contributed by atoms with E-state index in [0.29, 0.717) is 19.4 Å². The van der Waals surface area contributed by atoms with Crippen LogP contribution >= 0.6 is 0 Å². The first-order valence-corrected chi connectivity index (χ1v) is 10.3. The van der Waals surface area contributed by atoms with Crippen molar-refractivity contribution in [1.82, 2.24) is 10.2 Å². The van der Waals surface area contributed by atoms with Crippen LogP contribution in [0.15, 0.2) is 60.7 Å². The Morgan fingerprint density at radius 3 is 2.33 bits per heavy atom. The van der Waals surface area contributed by atoms with Gasteiger partial charge in [-0.05, 0) is 31.4 Å². The van der Waals surface area contributed by atoms with Gasteiger partial charge in [-0.2, -0.15) is 0 Å². The topological polar surface area (TPSA) is 75.7 Å². The summed E-state index contributed by atoms with van der Waals surface area (Å²) in [6, 6.07) is 19.0. The summed E-state index contributed by atoms with van der Waals surface area (Å²) in [6.07, 6.45) is 0.500. The normalized spacial score (nSPS) is 18.9. The molecule has 2 unspecified atom stereocenters. The molecule has 0 bridgehead atoms. The smallest absolute Gasteiger partial charge is 0.325 e. The first-order valence-electron chi connectivity index (χ1n) is 10.3. The van der Waals surface area contributed by atoms with Crippen LogP contribution in [0.1, 0.15) is 43.9 Å². The van der Waals surface area contributed by atoms with Crippen LogP contribution in [-0.2, 0) is 25.7 Å². The Hall–Kier alpha value is -3.15. The van der Waals surface area contributed by atoms with Crippen molar-refractivity contribution < 1.29 is 19.1 Å². The van der Waals surface area contributed by atoms with Crippen LogP contribution in [0.4, 0.5) is 0 Å². The molecule has 1 saturated heterocycles. The number of benzene rings is 2. The lowest BCUT2D eigenvalue weighted by Crippen LogP contribution is -2.48. The van der Waals surface area contributed by atoms with Gasteiger partial charge in [0.15, 0.2) is 0 Å². The highest BCUT2D eigenvalue weighted by Gasteiger charge is 2.40. The van der Waals surface area contributed by atoms with Gasteiger partial charge < -0.3 is 15.0 Å². The number of amides is 2. The maximum absolute atomic E-state index is 13.0. The zero-order valence-electron chi connectivity index (χ0n) is 17.4. The Balaban J connectivity index is 1.83. The molecule has 30 heavy (non-hydrogen) atoms. The summed E-state index contributed by atoms with van der Waals surface area (Å²) >= 11 is 0. The molecule has 0 aromatic heterocycles. The molecule has 0 saturated carbocycles. The Morgan fingerprint density at radius 1 is 1.07 bits per heavy atom. The minimum Gasteiger partial charge on any atom is -0.462 e. The van der Waals surface area contributed by atoms with E-state index in [-0.39, 0.29) is 24.5 Å². The average molecular weight is 408 g/mol. The van der Waals surface area contributed by atoms with Crippen molar-refractivity contribution in [1.29, 1.82) is 0 Å². The quantitative estimate of drug-likeness (QED) is 0.714. The standard InChI is InChI=1S/C24H28N2O4/c1-17(2)30-22(28)15-25-24(29)20-13-14-21(27)26(16-18-9-5-3-6-10-18)23(20)19-11-7-4-8-12-19/h3-12,17,20,23H,13-16H2,1-2H3,(H,25,29). The lowest BCUT2D eigenvalue weighted by Gasteiger charge is -2.41. The van der Waals surface area contributed by atoms with Crippen molar-refractivity contribution in [3.63, 3.8) is 0 Å². The van der Waals surface area contributed by atoms with E-state index >= 15 is 0 Å². The lowest BCUT2D eigenvalue weighted by molar-refractivity contribution is -0.150. The average Bonchev–Trinajstić information content (AvgIpc) is 2.74. The number of nitrogens with zero attached hydrogens (tertiary/aromatic N) is 1. The second-order valence-electron chi connectivity index (χ2n) is 7.76. The van der Waals surface area contributed by atoms with Gasteiger partial charge in [-0.1, -0.05) is 60.7 Å². The van der Waals surface area contributed by atoms with E-state index in [9.17, 15) is 14.4 Å². The highest BCUT2D eigenvalue weighted by molar-refractivity contribution is 5.87. The molecule has 2 amide bonds. The fraction of sp³-hybridized carbons (Fsp3) is 0.375. The van der Waals surface area contributed by atoms with Crippen molar-refractivity contribution in [3.8, 4) is 0 Å². The molecule has 1 aliphatic heterocycles. The van der Waals surface area contributed by atoms with Crippen LogP contribution in [0.3, 0.4) is 0 Å². The number of nitrogens with one attached hydrogen (secondary N) is 1. The Labute approximate surface area is 177 Å². The molecule has 6 heteroatoms. The number of ether oxygens (including phenoxy) is 1. The third-order valence-electron chi connectivity index (χ3n) is 5.15. The zero-order valence-corrected chi connectivity index (χ0v) is 17.4. The molecule has 2 aromatic carbocycles. The summed E-state index contributed by atoms with van der Waals surface area (Å²) in [7, 11) is 0. The molecule has 3 rings (SSSR count). The van der Waals surface area contributed by atoms with Crippen molar-refractivity contribution in [2.24, 2.45) is 5.92 Å². The summed E-state index contributed by atoms with van der Waals surface area (Å²) < 4.78 is 5.10. The van der Waals surface area contributed by atoms with Gasteiger partial charge in [-0.15, -0.1) is 0 Å². The predicted molar refractivity (Wildman–Crippen MR) is 113 cm³/mol. The van der Waals surface area contributed by atoms with Crippen molar-refractivity contribution in [2.75, 3.05) is 6.54 Å². The van der Waals surface area contributed by atoms with Gasteiger partial charge >= 0.3 is 5.97 Å². The van der Waals surface area contributed by atoms with E-state index in [1.54, 1.807) is 18.7 Å². The molecule has 6 nitrogen and oxygen atoms in total. The monoisotopic (exact) mass is 408 g/mol. The van der Waals surface area contributed by atoms with Gasteiger partial charge in [0.1, 0.15) is 6.54 Å². The third kappa shape index (κ3) is 5.47. The molecule has 1 heterocycles. The lowest BCUT2D eigenvalue weighted by atomic mass is 9.83. The first-order chi connectivity index (χ1) is 14.5. The fourth-order valence-corrected chi connectivity index (χ4v) is 3.85. The molecule has 0 spiro atoms. The largest absolute Gasteiger partial charge is 0.462 e. The number of piperidine rings is 1. The number of hydrogen-bond donors (Lipinski definition) is 1. The Bertz CT molecular complexity index is 867. The molecule has 2 atom stereocenters. The highest BCUT2D eigenvalue weighted by Crippen LogP contribution is 2.37. The number of carbonyl (C=O) groups excluding carboxylic acids is 3. The second-order valence-corrected chi connectivity index (χ2v) is 7.76. The van der Waals surface area contributed by atoms with Crippen molar-refractivity contribution in [3.05, 3.63) is 71.8 Å². The van der Waals surface area contributed by atoms with Crippen molar-refractivity contribution >= 4 is 17.8 Å². The van der Waals surface area contributed by atoms with Crippen LogP contribution in [0, 0.1) is 5.92 Å². The van der Waals surface area contributed by atoms with Crippen molar-refractivity contribution in [2.45, 2.75) is 45.4 Å². The molecule has 158 valence electrons. The molecule has 0 aliphatic carbocycles. The Morgan fingerprint density at radius 2 is 1.70 bits per heavy atom. The minimum atomic E-state index is -0.470. The summed E-state index contributed by atoms with van der Waals surface area (Å²) in [5, 5.41) is 2.71.